The highest BCUT2D eigenvalue weighted by atomic mass is 16.5. The van der Waals surface area contributed by atoms with Crippen molar-refractivity contribution in [3.63, 3.8) is 0 Å². The molecule has 0 saturated carbocycles. The van der Waals surface area contributed by atoms with Gasteiger partial charge in [0.05, 0.1) is 12.3 Å². The quantitative estimate of drug-likeness (QED) is 0.104. The van der Waals surface area contributed by atoms with Crippen molar-refractivity contribution in [2.75, 3.05) is 0 Å². The summed E-state index contributed by atoms with van der Waals surface area (Å²) in [5.74, 6) is -1.68. The minimum atomic E-state index is -0.984. The lowest BCUT2D eigenvalue weighted by molar-refractivity contribution is 0.0838. The third kappa shape index (κ3) is 6.11. The number of phenolic OH excluding ortho intramolecular Hbond substituents is 6. The van der Waals surface area contributed by atoms with E-state index in [0.717, 1.165) is 17.2 Å². The van der Waals surface area contributed by atoms with Gasteiger partial charge >= 0.3 is 0 Å². The molecular formula is C39H38O9. The number of fused-ring (bicyclic) bond motifs is 2. The molecule has 9 nitrogen and oxygen atoms in total. The molecule has 2 heterocycles. The van der Waals surface area contributed by atoms with Gasteiger partial charge in [0.2, 0.25) is 0 Å². The fourth-order valence-electron chi connectivity index (χ4n) is 6.63. The highest BCUT2D eigenvalue weighted by Crippen LogP contribution is 2.54. The molecule has 0 aliphatic carbocycles. The summed E-state index contributed by atoms with van der Waals surface area (Å²) in [6, 6.07) is 15.0. The highest BCUT2D eigenvalue weighted by Gasteiger charge is 2.41. The van der Waals surface area contributed by atoms with Crippen molar-refractivity contribution in [1.82, 2.24) is 0 Å². The monoisotopic (exact) mass is 650 g/mol. The van der Waals surface area contributed by atoms with E-state index in [9.17, 15) is 35.4 Å². The van der Waals surface area contributed by atoms with Crippen LogP contribution in [0.3, 0.4) is 0 Å². The van der Waals surface area contributed by atoms with E-state index in [1.165, 1.54) is 36.4 Å². The van der Waals surface area contributed by atoms with Crippen molar-refractivity contribution >= 4 is 5.78 Å². The van der Waals surface area contributed by atoms with Crippen LogP contribution in [0, 0.1) is 5.92 Å². The summed E-state index contributed by atoms with van der Waals surface area (Å²) in [5.41, 5.74) is 4.48. The molecule has 48 heavy (non-hydrogen) atoms. The number of carbonyl (C=O) groups excluding carboxylic acids is 1. The molecule has 0 amide bonds. The summed E-state index contributed by atoms with van der Waals surface area (Å²) in [4.78, 5) is 13.6. The molecule has 9 heteroatoms. The molecule has 4 aromatic rings. The van der Waals surface area contributed by atoms with E-state index in [1.54, 1.807) is 18.2 Å². The number of ether oxygens (including phenoxy) is 2. The second-order valence-electron chi connectivity index (χ2n) is 12.9. The Labute approximate surface area is 278 Å². The number of phenols is 6. The van der Waals surface area contributed by atoms with E-state index in [0.29, 0.717) is 40.8 Å². The number of hydrogen-bond donors (Lipinski definition) is 6. The Morgan fingerprint density at radius 3 is 2.15 bits per heavy atom. The zero-order chi connectivity index (χ0) is 34.4. The lowest BCUT2D eigenvalue weighted by Crippen LogP contribution is -2.22. The lowest BCUT2D eigenvalue weighted by Gasteiger charge is -2.30. The number of Topliss-reactive ketones (excluding diaryl/α,β-unsaturated/α-hetero) is 1. The van der Waals surface area contributed by atoms with E-state index in [-0.39, 0.29) is 58.0 Å². The summed E-state index contributed by atoms with van der Waals surface area (Å²) in [6.07, 6.45) is 1.20. The van der Waals surface area contributed by atoms with Gasteiger partial charge in [-0.1, -0.05) is 35.9 Å². The fourth-order valence-corrected chi connectivity index (χ4v) is 6.63. The number of aromatic hydroxyl groups is 6. The largest absolute Gasteiger partial charge is 0.508 e. The number of benzene rings is 4. The molecule has 0 saturated heterocycles. The zero-order valence-electron chi connectivity index (χ0n) is 26.9. The fraction of sp³-hybridized carbons (Fsp3) is 0.256. The molecule has 6 N–H and O–H groups in total. The van der Waals surface area contributed by atoms with Crippen molar-refractivity contribution in [1.29, 1.82) is 0 Å². The van der Waals surface area contributed by atoms with E-state index < -0.39 is 29.7 Å². The third-order valence-electron chi connectivity index (χ3n) is 9.11. The number of allylic oxidation sites excluding steroid dienone is 3. The molecule has 0 aromatic heterocycles. The second kappa shape index (κ2) is 12.6. The van der Waals surface area contributed by atoms with Gasteiger partial charge in [0.25, 0.3) is 0 Å². The van der Waals surface area contributed by atoms with Crippen LogP contribution in [-0.4, -0.2) is 36.4 Å². The van der Waals surface area contributed by atoms with Crippen LogP contribution in [0.1, 0.15) is 89.9 Å². The molecule has 4 aromatic carbocycles. The molecule has 248 valence electrons. The summed E-state index contributed by atoms with van der Waals surface area (Å²) < 4.78 is 12.8. The minimum Gasteiger partial charge on any atom is -0.508 e. The minimum absolute atomic E-state index is 0.0220. The molecule has 2 aliphatic heterocycles. The number of ketones is 1. The SMILES string of the molecule is C=C(C)[C@H](CC=C(C)C)Cc1c(O)cc(O)c2c1O[C@H](c1cc3c(cc1O)O[C@@H](c1ccc(O)cc1)[C@@H]3c1cc(O)cc(O)c1)CC2=O. The maximum absolute atomic E-state index is 13.6. The predicted molar refractivity (Wildman–Crippen MR) is 179 cm³/mol. The Balaban J connectivity index is 1.44. The molecule has 0 fully saturated rings. The van der Waals surface area contributed by atoms with Crippen LogP contribution in [-0.2, 0) is 6.42 Å². The van der Waals surface area contributed by atoms with Gasteiger partial charge in [0, 0.05) is 34.9 Å². The van der Waals surface area contributed by atoms with Gasteiger partial charge in [-0.2, -0.15) is 0 Å². The average molecular weight is 651 g/mol. The maximum Gasteiger partial charge on any atom is 0.174 e. The normalized spacial score (nSPS) is 18.6. The smallest absolute Gasteiger partial charge is 0.174 e. The Morgan fingerprint density at radius 2 is 1.50 bits per heavy atom. The summed E-state index contributed by atoms with van der Waals surface area (Å²) >= 11 is 0. The van der Waals surface area contributed by atoms with Gasteiger partial charge in [-0.15, -0.1) is 0 Å². The zero-order valence-corrected chi connectivity index (χ0v) is 26.9. The van der Waals surface area contributed by atoms with Crippen molar-refractivity contribution in [3.8, 4) is 46.0 Å². The number of carbonyl (C=O) groups is 1. The topological polar surface area (TPSA) is 157 Å². The first-order valence-corrected chi connectivity index (χ1v) is 15.7. The van der Waals surface area contributed by atoms with Crippen LogP contribution in [0.25, 0.3) is 0 Å². The molecule has 6 rings (SSSR count). The predicted octanol–water partition coefficient (Wildman–Crippen LogP) is 7.98. The maximum atomic E-state index is 13.6. The van der Waals surface area contributed by atoms with Gasteiger partial charge in [-0.05, 0) is 81.0 Å². The average Bonchev–Trinajstić information content (AvgIpc) is 3.37. The molecule has 0 spiro atoms. The Hall–Kier alpha value is -5.57. The molecule has 2 aliphatic rings. The standard InChI is InChI=1S/C39H38O9/c1-19(2)5-6-22(20(3)4)13-28-30(43)16-32(45)37-33(46)18-34(48-39(28)37)27-15-29-35(17-31(27)44)47-38(21-7-9-24(40)10-8-21)36(29)23-11-25(41)14-26(42)12-23/h5,7-12,14-17,22,34,36,38,40-45H,3,6,13,18H2,1-2,4H3/t22-,34+,36-,38+/m1/s1. The second-order valence-corrected chi connectivity index (χ2v) is 12.9. The van der Waals surface area contributed by atoms with Crippen LogP contribution in [0.15, 0.2) is 84.5 Å². The number of hydrogen-bond acceptors (Lipinski definition) is 9. The van der Waals surface area contributed by atoms with E-state index in [1.807, 2.05) is 20.8 Å². The van der Waals surface area contributed by atoms with Crippen LogP contribution < -0.4 is 9.47 Å². The van der Waals surface area contributed by atoms with Crippen molar-refractivity contribution in [2.24, 2.45) is 5.92 Å². The first kappa shape index (κ1) is 32.4. The lowest BCUT2D eigenvalue weighted by atomic mass is 9.83. The van der Waals surface area contributed by atoms with Gasteiger partial charge in [0.1, 0.15) is 63.8 Å². The first-order chi connectivity index (χ1) is 22.8. The molecule has 4 atom stereocenters. The first-order valence-electron chi connectivity index (χ1n) is 15.7. The van der Waals surface area contributed by atoms with Crippen LogP contribution in [0.5, 0.6) is 46.0 Å². The summed E-state index contributed by atoms with van der Waals surface area (Å²) in [7, 11) is 0. The van der Waals surface area contributed by atoms with E-state index in [4.69, 9.17) is 9.47 Å². The molecule has 0 bridgehead atoms. The Morgan fingerprint density at radius 1 is 0.812 bits per heavy atom. The third-order valence-corrected chi connectivity index (χ3v) is 9.11. The van der Waals surface area contributed by atoms with E-state index >= 15 is 0 Å². The van der Waals surface area contributed by atoms with Crippen LogP contribution in [0.4, 0.5) is 0 Å². The molecular weight excluding hydrogens is 612 g/mol. The number of rotatable bonds is 8. The van der Waals surface area contributed by atoms with Gasteiger partial charge in [-0.3, -0.25) is 4.79 Å². The summed E-state index contributed by atoms with van der Waals surface area (Å²) in [5, 5.41) is 63.7. The Kier molecular flexibility index (Phi) is 8.47. The van der Waals surface area contributed by atoms with Crippen LogP contribution in [0.2, 0.25) is 0 Å². The van der Waals surface area contributed by atoms with Gasteiger partial charge in [0.15, 0.2) is 5.78 Å². The highest BCUT2D eigenvalue weighted by molar-refractivity contribution is 6.03. The molecule has 0 unspecified atom stereocenters. The Bertz CT molecular complexity index is 1930. The van der Waals surface area contributed by atoms with Gasteiger partial charge in [-0.25, -0.2) is 0 Å². The van der Waals surface area contributed by atoms with Crippen molar-refractivity contribution in [2.45, 2.75) is 58.2 Å². The molecule has 0 radical (unpaired) electrons. The van der Waals surface area contributed by atoms with E-state index in [2.05, 4.69) is 12.7 Å². The van der Waals surface area contributed by atoms with Crippen molar-refractivity contribution in [3.05, 3.63) is 118 Å². The van der Waals surface area contributed by atoms with Crippen molar-refractivity contribution < 1.29 is 44.9 Å². The van der Waals surface area contributed by atoms with Crippen LogP contribution >= 0.6 is 0 Å². The van der Waals surface area contributed by atoms with Gasteiger partial charge < -0.3 is 40.1 Å². The summed E-state index contributed by atoms with van der Waals surface area (Å²) in [6.45, 7) is 10.0.